The summed E-state index contributed by atoms with van der Waals surface area (Å²) in [7, 11) is 2.17. The van der Waals surface area contributed by atoms with Crippen LogP contribution in [0.4, 0.5) is 4.39 Å². The standard InChI is InChI=1S/C15H23FN2/c1-13-5-3-7-15(16)14(13)6-4-8-18-11-9-17(2)10-12-18/h3,5,7H,4,6,8-12H2,1-2H3. The molecule has 0 N–H and O–H groups in total. The van der Waals surface area contributed by atoms with Crippen LogP contribution in [0.15, 0.2) is 18.2 Å². The van der Waals surface area contributed by atoms with Crippen LogP contribution in [0, 0.1) is 12.7 Å². The van der Waals surface area contributed by atoms with Gasteiger partial charge >= 0.3 is 0 Å². The number of hydrogen-bond donors (Lipinski definition) is 0. The Morgan fingerprint density at radius 1 is 1.17 bits per heavy atom. The highest BCUT2D eigenvalue weighted by Gasteiger charge is 2.13. The Labute approximate surface area is 109 Å². The fraction of sp³-hybridized carbons (Fsp3) is 0.600. The predicted molar refractivity (Wildman–Crippen MR) is 73.4 cm³/mol. The van der Waals surface area contributed by atoms with Gasteiger partial charge in [0, 0.05) is 26.2 Å². The third kappa shape index (κ3) is 3.53. The SMILES string of the molecule is Cc1cccc(F)c1CCCN1CCN(C)CC1. The molecular formula is C15H23FN2. The second-order valence-corrected chi connectivity index (χ2v) is 5.28. The van der Waals surface area contributed by atoms with Crippen LogP contribution < -0.4 is 0 Å². The van der Waals surface area contributed by atoms with Crippen LogP contribution in [0.1, 0.15) is 17.5 Å². The average molecular weight is 250 g/mol. The number of hydrogen-bond acceptors (Lipinski definition) is 2. The molecule has 1 aliphatic heterocycles. The van der Waals surface area contributed by atoms with Crippen molar-refractivity contribution in [1.82, 2.24) is 9.80 Å². The highest BCUT2D eigenvalue weighted by Crippen LogP contribution is 2.15. The second-order valence-electron chi connectivity index (χ2n) is 5.28. The van der Waals surface area contributed by atoms with E-state index in [2.05, 4.69) is 16.8 Å². The molecule has 18 heavy (non-hydrogen) atoms. The van der Waals surface area contributed by atoms with E-state index in [0.29, 0.717) is 0 Å². The Kier molecular flexibility index (Phi) is 4.72. The highest BCUT2D eigenvalue weighted by atomic mass is 19.1. The first-order valence-electron chi connectivity index (χ1n) is 6.81. The minimum atomic E-state index is -0.0478. The van der Waals surface area contributed by atoms with E-state index >= 15 is 0 Å². The predicted octanol–water partition coefficient (Wildman–Crippen LogP) is 2.31. The first-order chi connectivity index (χ1) is 8.66. The zero-order valence-corrected chi connectivity index (χ0v) is 11.5. The topological polar surface area (TPSA) is 6.48 Å². The number of piperazine rings is 1. The van der Waals surface area contributed by atoms with E-state index in [1.165, 1.54) is 0 Å². The summed E-state index contributed by atoms with van der Waals surface area (Å²) in [6.45, 7) is 7.67. The van der Waals surface area contributed by atoms with E-state index in [1.807, 2.05) is 13.0 Å². The van der Waals surface area contributed by atoms with Crippen molar-refractivity contribution in [2.45, 2.75) is 19.8 Å². The van der Waals surface area contributed by atoms with Gasteiger partial charge in [0.25, 0.3) is 0 Å². The number of halogens is 1. The largest absolute Gasteiger partial charge is 0.304 e. The Bertz CT molecular complexity index is 364. The summed E-state index contributed by atoms with van der Waals surface area (Å²) in [4.78, 5) is 4.84. The van der Waals surface area contributed by atoms with Crippen LogP contribution in [-0.4, -0.2) is 49.6 Å². The average Bonchev–Trinajstić information content (AvgIpc) is 2.35. The molecule has 0 bridgehead atoms. The van der Waals surface area contributed by atoms with E-state index in [4.69, 9.17) is 0 Å². The summed E-state index contributed by atoms with van der Waals surface area (Å²) in [5.74, 6) is -0.0478. The number of nitrogens with zero attached hydrogens (tertiary/aromatic N) is 2. The summed E-state index contributed by atoms with van der Waals surface area (Å²) in [5, 5.41) is 0. The van der Waals surface area contributed by atoms with Gasteiger partial charge < -0.3 is 9.80 Å². The number of rotatable bonds is 4. The maximum Gasteiger partial charge on any atom is 0.126 e. The zero-order valence-electron chi connectivity index (χ0n) is 11.5. The smallest absolute Gasteiger partial charge is 0.126 e. The molecule has 1 heterocycles. The first-order valence-corrected chi connectivity index (χ1v) is 6.81. The van der Waals surface area contributed by atoms with Gasteiger partial charge in [-0.2, -0.15) is 0 Å². The lowest BCUT2D eigenvalue weighted by Gasteiger charge is -2.32. The first kappa shape index (κ1) is 13.5. The van der Waals surface area contributed by atoms with E-state index < -0.39 is 0 Å². The monoisotopic (exact) mass is 250 g/mol. The van der Waals surface area contributed by atoms with Gasteiger partial charge in [0.15, 0.2) is 0 Å². The summed E-state index contributed by atoms with van der Waals surface area (Å²) in [5.41, 5.74) is 1.97. The van der Waals surface area contributed by atoms with Crippen LogP contribution in [0.3, 0.4) is 0 Å². The molecule has 3 heteroatoms. The Morgan fingerprint density at radius 2 is 1.89 bits per heavy atom. The van der Waals surface area contributed by atoms with E-state index in [0.717, 1.165) is 56.7 Å². The summed E-state index contributed by atoms with van der Waals surface area (Å²) < 4.78 is 13.6. The minimum Gasteiger partial charge on any atom is -0.304 e. The highest BCUT2D eigenvalue weighted by molar-refractivity contribution is 5.27. The molecule has 0 radical (unpaired) electrons. The molecule has 1 saturated heterocycles. The van der Waals surface area contributed by atoms with Gasteiger partial charge in [0.2, 0.25) is 0 Å². The Hall–Kier alpha value is -0.930. The molecule has 1 aromatic carbocycles. The fourth-order valence-corrected chi connectivity index (χ4v) is 2.53. The summed E-state index contributed by atoms with van der Waals surface area (Å²) in [6.07, 6.45) is 1.90. The van der Waals surface area contributed by atoms with Crippen molar-refractivity contribution in [3.05, 3.63) is 35.1 Å². The third-order valence-corrected chi connectivity index (χ3v) is 3.85. The Balaban J connectivity index is 1.78. The van der Waals surface area contributed by atoms with Gasteiger partial charge in [-0.05, 0) is 50.6 Å². The van der Waals surface area contributed by atoms with E-state index in [1.54, 1.807) is 12.1 Å². The molecule has 0 atom stereocenters. The molecule has 0 amide bonds. The summed E-state index contributed by atoms with van der Waals surface area (Å²) >= 11 is 0. The molecule has 1 fully saturated rings. The van der Waals surface area contributed by atoms with E-state index in [9.17, 15) is 4.39 Å². The van der Waals surface area contributed by atoms with Crippen LogP contribution in [0.2, 0.25) is 0 Å². The molecule has 0 saturated carbocycles. The Morgan fingerprint density at radius 3 is 2.56 bits per heavy atom. The van der Waals surface area contributed by atoms with Crippen molar-refractivity contribution in [2.24, 2.45) is 0 Å². The zero-order chi connectivity index (χ0) is 13.0. The van der Waals surface area contributed by atoms with Crippen molar-refractivity contribution in [2.75, 3.05) is 39.8 Å². The molecule has 1 aromatic rings. The van der Waals surface area contributed by atoms with Crippen LogP contribution in [-0.2, 0) is 6.42 Å². The second kappa shape index (κ2) is 6.30. The van der Waals surface area contributed by atoms with Crippen molar-refractivity contribution < 1.29 is 4.39 Å². The molecular weight excluding hydrogens is 227 g/mol. The number of likely N-dealkylation sites (N-methyl/N-ethyl adjacent to an activating group) is 1. The van der Waals surface area contributed by atoms with Crippen molar-refractivity contribution >= 4 is 0 Å². The van der Waals surface area contributed by atoms with Crippen molar-refractivity contribution in [3.8, 4) is 0 Å². The molecule has 2 nitrogen and oxygen atoms in total. The van der Waals surface area contributed by atoms with Gasteiger partial charge in [-0.25, -0.2) is 4.39 Å². The quantitative estimate of drug-likeness (QED) is 0.809. The van der Waals surface area contributed by atoms with Crippen molar-refractivity contribution in [1.29, 1.82) is 0 Å². The van der Waals surface area contributed by atoms with Gasteiger partial charge in [0.05, 0.1) is 0 Å². The lowest BCUT2D eigenvalue weighted by molar-refractivity contribution is 0.153. The van der Waals surface area contributed by atoms with Crippen molar-refractivity contribution in [3.63, 3.8) is 0 Å². The minimum absolute atomic E-state index is 0.0478. The fourth-order valence-electron chi connectivity index (χ4n) is 2.53. The van der Waals surface area contributed by atoms with Gasteiger partial charge in [-0.15, -0.1) is 0 Å². The maximum atomic E-state index is 13.6. The number of aryl methyl sites for hydroxylation is 1. The molecule has 0 spiro atoms. The van der Waals surface area contributed by atoms with Gasteiger partial charge in [-0.3, -0.25) is 0 Å². The van der Waals surface area contributed by atoms with Gasteiger partial charge in [0.1, 0.15) is 5.82 Å². The molecule has 0 aliphatic carbocycles. The van der Waals surface area contributed by atoms with Gasteiger partial charge in [-0.1, -0.05) is 12.1 Å². The third-order valence-electron chi connectivity index (χ3n) is 3.85. The van der Waals surface area contributed by atoms with E-state index in [-0.39, 0.29) is 5.82 Å². The van der Waals surface area contributed by atoms with Crippen LogP contribution >= 0.6 is 0 Å². The molecule has 0 aromatic heterocycles. The molecule has 2 rings (SSSR count). The van der Waals surface area contributed by atoms with Crippen LogP contribution in [0.5, 0.6) is 0 Å². The lowest BCUT2D eigenvalue weighted by atomic mass is 10.0. The lowest BCUT2D eigenvalue weighted by Crippen LogP contribution is -2.44. The maximum absolute atomic E-state index is 13.6. The normalized spacial score (nSPS) is 18.2. The molecule has 1 aliphatic rings. The number of benzene rings is 1. The summed E-state index contributed by atoms with van der Waals surface area (Å²) in [6, 6.07) is 5.35. The van der Waals surface area contributed by atoms with Crippen LogP contribution in [0.25, 0.3) is 0 Å². The molecule has 100 valence electrons. The molecule has 0 unspecified atom stereocenters.